The first-order chi connectivity index (χ1) is 10.1. The molecule has 2 aromatic carbocycles. The van der Waals surface area contributed by atoms with E-state index in [1.165, 1.54) is 31.4 Å². The van der Waals surface area contributed by atoms with Crippen molar-refractivity contribution in [2.24, 2.45) is 0 Å². The third-order valence-electron chi connectivity index (χ3n) is 2.77. The van der Waals surface area contributed by atoms with Crippen molar-refractivity contribution in [1.29, 1.82) is 0 Å². The summed E-state index contributed by atoms with van der Waals surface area (Å²) in [5.74, 6) is 0.228. The highest BCUT2D eigenvalue weighted by molar-refractivity contribution is 6.01. The zero-order chi connectivity index (χ0) is 15.2. The number of anilines is 1. The van der Waals surface area contributed by atoms with E-state index in [2.05, 4.69) is 5.32 Å². The molecule has 2 rings (SSSR count). The summed E-state index contributed by atoms with van der Waals surface area (Å²) in [6, 6.07) is 11.0. The highest BCUT2D eigenvalue weighted by atomic mass is 16.5. The SMILES string of the molecule is COc1cc(C=CC(=O)Nc2ccc(O)cc2)ccc1O. The lowest BCUT2D eigenvalue weighted by Crippen LogP contribution is -2.07. The summed E-state index contributed by atoms with van der Waals surface area (Å²) < 4.78 is 4.99. The highest BCUT2D eigenvalue weighted by Gasteiger charge is 2.02. The number of aromatic hydroxyl groups is 2. The van der Waals surface area contributed by atoms with Crippen LogP contribution in [0.2, 0.25) is 0 Å². The van der Waals surface area contributed by atoms with Crippen LogP contribution in [0.3, 0.4) is 0 Å². The second-order valence-electron chi connectivity index (χ2n) is 4.30. The fraction of sp³-hybridized carbons (Fsp3) is 0.0625. The Morgan fingerprint density at radius 1 is 1.14 bits per heavy atom. The topological polar surface area (TPSA) is 78.8 Å². The Bertz CT molecular complexity index is 662. The predicted molar refractivity (Wildman–Crippen MR) is 80.4 cm³/mol. The number of benzene rings is 2. The van der Waals surface area contributed by atoms with Crippen LogP contribution in [-0.2, 0) is 4.79 Å². The van der Waals surface area contributed by atoms with Crippen LogP contribution in [0, 0.1) is 0 Å². The van der Waals surface area contributed by atoms with Crippen molar-refractivity contribution in [3.8, 4) is 17.2 Å². The monoisotopic (exact) mass is 285 g/mol. The number of carbonyl (C=O) groups excluding carboxylic acids is 1. The lowest BCUT2D eigenvalue weighted by molar-refractivity contribution is -0.111. The molecule has 0 bridgehead atoms. The molecule has 0 spiro atoms. The van der Waals surface area contributed by atoms with E-state index in [-0.39, 0.29) is 17.4 Å². The van der Waals surface area contributed by atoms with Crippen molar-refractivity contribution in [2.75, 3.05) is 12.4 Å². The molecule has 0 aliphatic rings. The minimum Gasteiger partial charge on any atom is -0.508 e. The summed E-state index contributed by atoms with van der Waals surface area (Å²) in [5.41, 5.74) is 1.32. The van der Waals surface area contributed by atoms with Crippen LogP contribution >= 0.6 is 0 Å². The lowest BCUT2D eigenvalue weighted by atomic mass is 10.2. The summed E-state index contributed by atoms with van der Waals surface area (Å²) >= 11 is 0. The summed E-state index contributed by atoms with van der Waals surface area (Å²) in [6.07, 6.45) is 2.98. The number of methoxy groups -OCH3 is 1. The Morgan fingerprint density at radius 3 is 2.52 bits per heavy atom. The van der Waals surface area contributed by atoms with E-state index in [1.807, 2.05) is 0 Å². The number of rotatable bonds is 4. The molecule has 0 saturated heterocycles. The first-order valence-electron chi connectivity index (χ1n) is 6.23. The van der Waals surface area contributed by atoms with Crippen LogP contribution < -0.4 is 10.1 Å². The molecule has 0 heterocycles. The van der Waals surface area contributed by atoms with Gasteiger partial charge in [-0.1, -0.05) is 6.07 Å². The maximum atomic E-state index is 11.8. The Morgan fingerprint density at radius 2 is 1.86 bits per heavy atom. The molecule has 0 radical (unpaired) electrons. The Balaban J connectivity index is 2.03. The minimum atomic E-state index is -0.298. The minimum absolute atomic E-state index is 0.0446. The van der Waals surface area contributed by atoms with E-state index >= 15 is 0 Å². The highest BCUT2D eigenvalue weighted by Crippen LogP contribution is 2.26. The molecule has 5 nitrogen and oxygen atoms in total. The number of ether oxygens (including phenoxy) is 1. The van der Waals surface area contributed by atoms with E-state index in [4.69, 9.17) is 9.84 Å². The number of phenols is 2. The molecule has 0 saturated carbocycles. The first kappa shape index (κ1) is 14.5. The van der Waals surface area contributed by atoms with Crippen molar-refractivity contribution in [2.45, 2.75) is 0 Å². The number of amides is 1. The number of phenolic OH excluding ortho intramolecular Hbond substituents is 2. The zero-order valence-electron chi connectivity index (χ0n) is 11.4. The number of hydrogen-bond acceptors (Lipinski definition) is 4. The van der Waals surface area contributed by atoms with Crippen LogP contribution in [-0.4, -0.2) is 23.2 Å². The summed E-state index contributed by atoms with van der Waals surface area (Å²) in [5, 5.41) is 21.3. The largest absolute Gasteiger partial charge is 0.508 e. The predicted octanol–water partition coefficient (Wildman–Crippen LogP) is 2.76. The number of nitrogens with one attached hydrogen (secondary N) is 1. The van der Waals surface area contributed by atoms with Crippen LogP contribution in [0.4, 0.5) is 5.69 Å². The average Bonchev–Trinajstić information content (AvgIpc) is 2.49. The van der Waals surface area contributed by atoms with Gasteiger partial charge in [-0.2, -0.15) is 0 Å². The van der Waals surface area contributed by atoms with Crippen molar-refractivity contribution in [3.05, 3.63) is 54.1 Å². The maximum absolute atomic E-state index is 11.8. The van der Waals surface area contributed by atoms with E-state index in [1.54, 1.807) is 30.3 Å². The van der Waals surface area contributed by atoms with Gasteiger partial charge in [-0.3, -0.25) is 4.79 Å². The molecule has 0 fully saturated rings. The number of hydrogen-bond donors (Lipinski definition) is 3. The maximum Gasteiger partial charge on any atom is 0.248 e. The van der Waals surface area contributed by atoms with Gasteiger partial charge in [0.1, 0.15) is 5.75 Å². The van der Waals surface area contributed by atoms with E-state index < -0.39 is 0 Å². The van der Waals surface area contributed by atoms with Gasteiger partial charge < -0.3 is 20.3 Å². The van der Waals surface area contributed by atoms with E-state index in [0.29, 0.717) is 11.4 Å². The molecule has 0 aromatic heterocycles. The fourth-order valence-electron chi connectivity index (χ4n) is 1.70. The first-order valence-corrected chi connectivity index (χ1v) is 6.23. The third kappa shape index (κ3) is 4.01. The Kier molecular flexibility index (Phi) is 4.46. The summed E-state index contributed by atoms with van der Waals surface area (Å²) in [7, 11) is 1.46. The van der Waals surface area contributed by atoms with Gasteiger partial charge in [0.15, 0.2) is 11.5 Å². The Hall–Kier alpha value is -2.95. The fourth-order valence-corrected chi connectivity index (χ4v) is 1.70. The molecule has 1 amide bonds. The standard InChI is InChI=1S/C16H15NO4/c1-21-15-10-11(2-8-14(15)19)3-9-16(20)17-12-4-6-13(18)7-5-12/h2-10,18-19H,1H3,(H,17,20). The molecular formula is C16H15NO4. The molecule has 0 atom stereocenters. The van der Waals surface area contributed by atoms with Gasteiger partial charge in [0.2, 0.25) is 5.91 Å². The molecule has 108 valence electrons. The van der Waals surface area contributed by atoms with Crippen molar-refractivity contribution in [3.63, 3.8) is 0 Å². The molecule has 0 unspecified atom stereocenters. The Labute approximate surface area is 122 Å². The number of carbonyl (C=O) groups is 1. The van der Waals surface area contributed by atoms with Gasteiger partial charge in [-0.05, 0) is 48.0 Å². The smallest absolute Gasteiger partial charge is 0.248 e. The molecule has 0 aliphatic heterocycles. The third-order valence-corrected chi connectivity index (χ3v) is 2.77. The molecular weight excluding hydrogens is 270 g/mol. The van der Waals surface area contributed by atoms with E-state index in [0.717, 1.165) is 5.56 Å². The van der Waals surface area contributed by atoms with Crippen LogP contribution in [0.25, 0.3) is 6.08 Å². The summed E-state index contributed by atoms with van der Waals surface area (Å²) in [4.78, 5) is 11.8. The van der Waals surface area contributed by atoms with Gasteiger partial charge in [0, 0.05) is 11.8 Å². The van der Waals surface area contributed by atoms with Gasteiger partial charge in [0.05, 0.1) is 7.11 Å². The van der Waals surface area contributed by atoms with Crippen LogP contribution in [0.1, 0.15) is 5.56 Å². The van der Waals surface area contributed by atoms with Crippen molar-refractivity contribution < 1.29 is 19.7 Å². The lowest BCUT2D eigenvalue weighted by Gasteiger charge is -2.04. The second kappa shape index (κ2) is 6.47. The average molecular weight is 285 g/mol. The molecule has 3 N–H and O–H groups in total. The van der Waals surface area contributed by atoms with Crippen molar-refractivity contribution in [1.82, 2.24) is 0 Å². The van der Waals surface area contributed by atoms with Crippen LogP contribution in [0.15, 0.2) is 48.5 Å². The quantitative estimate of drug-likeness (QED) is 0.596. The molecule has 5 heteroatoms. The zero-order valence-corrected chi connectivity index (χ0v) is 11.4. The summed E-state index contributed by atoms with van der Waals surface area (Å²) in [6.45, 7) is 0. The van der Waals surface area contributed by atoms with Gasteiger partial charge in [0.25, 0.3) is 0 Å². The van der Waals surface area contributed by atoms with Crippen molar-refractivity contribution >= 4 is 17.7 Å². The van der Waals surface area contributed by atoms with Crippen LogP contribution in [0.5, 0.6) is 17.2 Å². The van der Waals surface area contributed by atoms with Gasteiger partial charge in [-0.15, -0.1) is 0 Å². The van der Waals surface area contributed by atoms with E-state index in [9.17, 15) is 9.90 Å². The second-order valence-corrected chi connectivity index (χ2v) is 4.30. The molecule has 2 aromatic rings. The normalized spacial score (nSPS) is 10.5. The van der Waals surface area contributed by atoms with Gasteiger partial charge >= 0.3 is 0 Å². The molecule has 21 heavy (non-hydrogen) atoms. The van der Waals surface area contributed by atoms with Gasteiger partial charge in [-0.25, -0.2) is 0 Å². The molecule has 0 aliphatic carbocycles.